The van der Waals surface area contributed by atoms with E-state index >= 15 is 0 Å². The molecule has 1 radical (unpaired) electrons. The van der Waals surface area contributed by atoms with Gasteiger partial charge in [-0.25, -0.2) is 0 Å². The number of hydrogen-bond acceptors (Lipinski definition) is 1. The Morgan fingerprint density at radius 3 is 2.33 bits per heavy atom. The predicted octanol–water partition coefficient (Wildman–Crippen LogP) is 3.09. The molecule has 1 heteroatoms. The van der Waals surface area contributed by atoms with Gasteiger partial charge in [0.15, 0.2) is 0 Å². The lowest BCUT2D eigenvalue weighted by Gasteiger charge is -2.21. The van der Waals surface area contributed by atoms with E-state index in [0.717, 1.165) is 25.2 Å². The summed E-state index contributed by atoms with van der Waals surface area (Å²) in [5.74, 6) is 0.718. The fraction of sp³-hybridized carbons (Fsp3) is 0.909. The van der Waals surface area contributed by atoms with E-state index in [9.17, 15) is 4.79 Å². The third-order valence-electron chi connectivity index (χ3n) is 2.98. The first-order valence-electron chi connectivity index (χ1n) is 5.08. The average molecular weight is 167 g/mol. The summed E-state index contributed by atoms with van der Waals surface area (Å²) in [5.41, 5.74) is -0.0374. The van der Waals surface area contributed by atoms with Gasteiger partial charge in [-0.3, -0.25) is 4.79 Å². The molecule has 69 valence electrons. The summed E-state index contributed by atoms with van der Waals surface area (Å²) in [5, 5.41) is 0. The maximum absolute atomic E-state index is 10.8. The number of rotatable bonds is 4. The van der Waals surface area contributed by atoms with Crippen molar-refractivity contribution in [3.63, 3.8) is 0 Å². The molecular formula is C11H19O. The molecule has 0 aromatic heterocycles. The Balaban J connectivity index is 2.39. The van der Waals surface area contributed by atoms with Crippen molar-refractivity contribution >= 4 is 6.29 Å². The fourth-order valence-corrected chi connectivity index (χ4v) is 2.02. The molecule has 0 spiro atoms. The molecule has 0 aliphatic heterocycles. The van der Waals surface area contributed by atoms with E-state index in [1.807, 2.05) is 0 Å². The second-order valence-electron chi connectivity index (χ2n) is 4.52. The van der Waals surface area contributed by atoms with Crippen molar-refractivity contribution in [2.75, 3.05) is 0 Å². The first-order chi connectivity index (χ1) is 5.68. The topological polar surface area (TPSA) is 17.1 Å². The van der Waals surface area contributed by atoms with Crippen LogP contribution in [0.1, 0.15) is 52.4 Å². The Morgan fingerprint density at radius 1 is 1.33 bits per heavy atom. The lowest BCUT2D eigenvalue weighted by Crippen LogP contribution is -2.18. The molecular weight excluding hydrogens is 148 g/mol. The molecule has 12 heavy (non-hydrogen) atoms. The fourth-order valence-electron chi connectivity index (χ4n) is 2.02. The number of hydrogen-bond donors (Lipinski definition) is 0. The van der Waals surface area contributed by atoms with Crippen molar-refractivity contribution in [1.82, 2.24) is 0 Å². The molecule has 0 aromatic rings. The van der Waals surface area contributed by atoms with Gasteiger partial charge in [0.25, 0.3) is 0 Å². The van der Waals surface area contributed by atoms with Gasteiger partial charge in [0, 0.05) is 5.41 Å². The zero-order valence-electron chi connectivity index (χ0n) is 8.23. The third kappa shape index (κ3) is 2.33. The Labute approximate surface area is 75.5 Å². The van der Waals surface area contributed by atoms with Crippen LogP contribution < -0.4 is 0 Å². The minimum atomic E-state index is -0.0374. The molecule has 1 fully saturated rings. The Bertz CT molecular complexity index is 143. The van der Waals surface area contributed by atoms with Gasteiger partial charge in [0.1, 0.15) is 0 Å². The first-order valence-corrected chi connectivity index (χ1v) is 5.08. The van der Waals surface area contributed by atoms with Crippen LogP contribution in [-0.4, -0.2) is 6.29 Å². The van der Waals surface area contributed by atoms with Gasteiger partial charge < -0.3 is 0 Å². The van der Waals surface area contributed by atoms with E-state index in [-0.39, 0.29) is 5.41 Å². The SMILES string of the molecule is CC(C)CCC1([C]=O)CCCC1. The van der Waals surface area contributed by atoms with Crippen LogP contribution >= 0.6 is 0 Å². The van der Waals surface area contributed by atoms with E-state index in [1.54, 1.807) is 0 Å². The quantitative estimate of drug-likeness (QED) is 0.628. The Hall–Kier alpha value is -0.330. The summed E-state index contributed by atoms with van der Waals surface area (Å²) in [7, 11) is 0. The minimum absolute atomic E-state index is 0.0374. The van der Waals surface area contributed by atoms with Crippen molar-refractivity contribution in [1.29, 1.82) is 0 Å². The molecule has 0 N–H and O–H groups in total. The van der Waals surface area contributed by atoms with E-state index < -0.39 is 0 Å². The molecule has 0 atom stereocenters. The van der Waals surface area contributed by atoms with Gasteiger partial charge in [0.05, 0.1) is 0 Å². The average Bonchev–Trinajstić information content (AvgIpc) is 2.50. The molecule has 1 saturated carbocycles. The summed E-state index contributed by atoms with van der Waals surface area (Å²) < 4.78 is 0. The number of carbonyl (C=O) groups excluding carboxylic acids is 1. The lowest BCUT2D eigenvalue weighted by atomic mass is 9.81. The minimum Gasteiger partial charge on any atom is -0.290 e. The van der Waals surface area contributed by atoms with Gasteiger partial charge in [-0.15, -0.1) is 0 Å². The lowest BCUT2D eigenvalue weighted by molar-refractivity contribution is 0.336. The van der Waals surface area contributed by atoms with E-state index in [0.29, 0.717) is 0 Å². The highest BCUT2D eigenvalue weighted by Gasteiger charge is 2.33. The molecule has 1 aliphatic rings. The summed E-state index contributed by atoms with van der Waals surface area (Å²) in [4.78, 5) is 10.8. The van der Waals surface area contributed by atoms with E-state index in [2.05, 4.69) is 20.1 Å². The smallest absolute Gasteiger partial charge is 0.205 e. The van der Waals surface area contributed by atoms with Crippen LogP contribution in [0.5, 0.6) is 0 Å². The summed E-state index contributed by atoms with van der Waals surface area (Å²) >= 11 is 0. The normalized spacial score (nSPS) is 21.6. The van der Waals surface area contributed by atoms with Gasteiger partial charge in [0.2, 0.25) is 6.29 Å². The summed E-state index contributed by atoms with van der Waals surface area (Å²) in [6.45, 7) is 4.43. The molecule has 0 bridgehead atoms. The Kier molecular flexibility index (Phi) is 3.30. The van der Waals surface area contributed by atoms with Crippen molar-refractivity contribution in [2.45, 2.75) is 52.4 Å². The van der Waals surface area contributed by atoms with Crippen LogP contribution in [0.3, 0.4) is 0 Å². The largest absolute Gasteiger partial charge is 0.290 e. The zero-order valence-corrected chi connectivity index (χ0v) is 8.23. The van der Waals surface area contributed by atoms with Gasteiger partial charge in [-0.1, -0.05) is 33.1 Å². The van der Waals surface area contributed by atoms with Crippen molar-refractivity contribution in [2.24, 2.45) is 11.3 Å². The highest BCUT2D eigenvalue weighted by Crippen LogP contribution is 2.40. The van der Waals surface area contributed by atoms with Gasteiger partial charge >= 0.3 is 0 Å². The summed E-state index contributed by atoms with van der Waals surface area (Å²) in [6, 6.07) is 0. The molecule has 0 aromatic carbocycles. The highest BCUT2D eigenvalue weighted by molar-refractivity contribution is 5.60. The van der Waals surface area contributed by atoms with Crippen LogP contribution in [0.2, 0.25) is 0 Å². The zero-order chi connectivity index (χ0) is 9.03. The molecule has 0 amide bonds. The van der Waals surface area contributed by atoms with Gasteiger partial charge in [-0.05, 0) is 25.2 Å². The Morgan fingerprint density at radius 2 is 1.92 bits per heavy atom. The molecule has 1 nitrogen and oxygen atoms in total. The van der Waals surface area contributed by atoms with E-state index in [1.165, 1.54) is 19.3 Å². The maximum atomic E-state index is 10.8. The van der Waals surface area contributed by atoms with Crippen LogP contribution in [0.25, 0.3) is 0 Å². The molecule has 1 aliphatic carbocycles. The second kappa shape index (κ2) is 4.06. The second-order valence-corrected chi connectivity index (χ2v) is 4.52. The van der Waals surface area contributed by atoms with Crippen molar-refractivity contribution in [3.8, 4) is 0 Å². The summed E-state index contributed by atoms with van der Waals surface area (Å²) in [6.07, 6.45) is 9.15. The van der Waals surface area contributed by atoms with Gasteiger partial charge in [-0.2, -0.15) is 0 Å². The molecule has 0 saturated heterocycles. The third-order valence-corrected chi connectivity index (χ3v) is 2.98. The van der Waals surface area contributed by atoms with Crippen LogP contribution in [0.15, 0.2) is 0 Å². The van der Waals surface area contributed by atoms with Crippen LogP contribution in [0.4, 0.5) is 0 Å². The monoisotopic (exact) mass is 167 g/mol. The predicted molar refractivity (Wildman–Crippen MR) is 50.7 cm³/mol. The van der Waals surface area contributed by atoms with Crippen molar-refractivity contribution in [3.05, 3.63) is 0 Å². The van der Waals surface area contributed by atoms with Crippen LogP contribution in [-0.2, 0) is 4.79 Å². The standard InChI is InChI=1S/C11H19O/c1-10(2)5-8-11(9-12)6-3-4-7-11/h10H,3-8H2,1-2H3. The highest BCUT2D eigenvalue weighted by atomic mass is 16.1. The van der Waals surface area contributed by atoms with E-state index in [4.69, 9.17) is 0 Å². The van der Waals surface area contributed by atoms with Crippen molar-refractivity contribution < 1.29 is 4.79 Å². The molecule has 0 heterocycles. The maximum Gasteiger partial charge on any atom is 0.205 e. The van der Waals surface area contributed by atoms with Crippen LogP contribution in [0, 0.1) is 11.3 Å². The molecule has 1 rings (SSSR count). The first kappa shape index (κ1) is 9.76. The molecule has 0 unspecified atom stereocenters.